The summed E-state index contributed by atoms with van der Waals surface area (Å²) in [5, 5.41) is 0. The summed E-state index contributed by atoms with van der Waals surface area (Å²) in [7, 11) is 0. The molecule has 68 valence electrons. The fourth-order valence-corrected chi connectivity index (χ4v) is 2.06. The molecule has 1 nitrogen and oxygen atoms in total. The summed E-state index contributed by atoms with van der Waals surface area (Å²) >= 11 is 0. The van der Waals surface area contributed by atoms with Gasteiger partial charge in [0, 0.05) is 6.04 Å². The van der Waals surface area contributed by atoms with Gasteiger partial charge in [0.1, 0.15) is 0 Å². The molecular weight excluding hydrogens is 158 g/mol. The third-order valence-electron chi connectivity index (χ3n) is 2.78. The molecule has 0 saturated heterocycles. The first kappa shape index (κ1) is 8.52. The standard InChI is InChI=1S/C12H15N/c1-2-9-4-3-5-10-8-11(13)6-7-12(9)10/h2-5,11H,1,6-8,13H2. The van der Waals surface area contributed by atoms with Crippen LogP contribution in [0.4, 0.5) is 0 Å². The monoisotopic (exact) mass is 173 g/mol. The minimum atomic E-state index is 0.354. The van der Waals surface area contributed by atoms with Crippen LogP contribution >= 0.6 is 0 Å². The summed E-state index contributed by atoms with van der Waals surface area (Å²) in [6.07, 6.45) is 5.18. The Balaban J connectivity index is 2.45. The summed E-state index contributed by atoms with van der Waals surface area (Å²) in [5.41, 5.74) is 10.1. The van der Waals surface area contributed by atoms with Crippen LogP contribution in [0.25, 0.3) is 6.08 Å². The molecule has 0 fully saturated rings. The van der Waals surface area contributed by atoms with E-state index in [0.717, 1.165) is 19.3 Å². The molecule has 0 aliphatic heterocycles. The van der Waals surface area contributed by atoms with Crippen LogP contribution in [0.3, 0.4) is 0 Å². The van der Waals surface area contributed by atoms with Gasteiger partial charge in [0.05, 0.1) is 0 Å². The summed E-state index contributed by atoms with van der Waals surface area (Å²) in [4.78, 5) is 0. The zero-order chi connectivity index (χ0) is 9.26. The van der Waals surface area contributed by atoms with Crippen molar-refractivity contribution in [3.8, 4) is 0 Å². The van der Waals surface area contributed by atoms with Gasteiger partial charge in [-0.1, -0.05) is 30.9 Å². The molecule has 1 heteroatoms. The smallest absolute Gasteiger partial charge is 0.00825 e. The van der Waals surface area contributed by atoms with Gasteiger partial charge in [0.15, 0.2) is 0 Å². The lowest BCUT2D eigenvalue weighted by molar-refractivity contribution is 0.576. The Hall–Kier alpha value is -1.08. The van der Waals surface area contributed by atoms with Crippen molar-refractivity contribution in [2.45, 2.75) is 25.3 Å². The quantitative estimate of drug-likeness (QED) is 0.692. The molecule has 1 aromatic carbocycles. The van der Waals surface area contributed by atoms with Crippen LogP contribution in [-0.4, -0.2) is 6.04 Å². The number of hydrogen-bond acceptors (Lipinski definition) is 1. The van der Waals surface area contributed by atoms with Crippen molar-refractivity contribution in [3.63, 3.8) is 0 Å². The lowest BCUT2D eigenvalue weighted by Gasteiger charge is -2.22. The van der Waals surface area contributed by atoms with Gasteiger partial charge in [-0.05, 0) is 36.0 Å². The van der Waals surface area contributed by atoms with Gasteiger partial charge in [-0.25, -0.2) is 0 Å². The zero-order valence-corrected chi connectivity index (χ0v) is 7.79. The minimum Gasteiger partial charge on any atom is -0.327 e. The van der Waals surface area contributed by atoms with E-state index in [9.17, 15) is 0 Å². The van der Waals surface area contributed by atoms with Crippen molar-refractivity contribution in [1.82, 2.24) is 0 Å². The summed E-state index contributed by atoms with van der Waals surface area (Å²) in [5.74, 6) is 0. The molecule has 1 aromatic rings. The number of rotatable bonds is 1. The Kier molecular flexibility index (Phi) is 2.19. The number of nitrogens with two attached hydrogens (primary N) is 1. The largest absolute Gasteiger partial charge is 0.327 e. The molecule has 0 aromatic heterocycles. The van der Waals surface area contributed by atoms with Crippen LogP contribution in [0.1, 0.15) is 23.1 Å². The Morgan fingerprint density at radius 2 is 2.31 bits per heavy atom. The highest BCUT2D eigenvalue weighted by molar-refractivity contribution is 5.55. The topological polar surface area (TPSA) is 26.0 Å². The van der Waals surface area contributed by atoms with Crippen molar-refractivity contribution >= 4 is 6.08 Å². The number of benzene rings is 1. The van der Waals surface area contributed by atoms with E-state index < -0.39 is 0 Å². The molecule has 1 aliphatic carbocycles. The predicted molar refractivity (Wildman–Crippen MR) is 56.5 cm³/mol. The van der Waals surface area contributed by atoms with Crippen molar-refractivity contribution < 1.29 is 0 Å². The van der Waals surface area contributed by atoms with E-state index in [1.807, 2.05) is 6.08 Å². The van der Waals surface area contributed by atoms with Gasteiger partial charge in [0.25, 0.3) is 0 Å². The Labute approximate surface area is 79.3 Å². The van der Waals surface area contributed by atoms with E-state index in [2.05, 4.69) is 24.8 Å². The first-order valence-electron chi connectivity index (χ1n) is 4.80. The second-order valence-corrected chi connectivity index (χ2v) is 3.69. The maximum absolute atomic E-state index is 5.92. The van der Waals surface area contributed by atoms with E-state index >= 15 is 0 Å². The maximum Gasteiger partial charge on any atom is 0.00825 e. The third kappa shape index (κ3) is 1.52. The molecule has 1 unspecified atom stereocenters. The van der Waals surface area contributed by atoms with Crippen molar-refractivity contribution in [1.29, 1.82) is 0 Å². The molecule has 0 saturated carbocycles. The highest BCUT2D eigenvalue weighted by atomic mass is 14.6. The lowest BCUT2D eigenvalue weighted by atomic mass is 9.86. The molecule has 0 bridgehead atoms. The van der Waals surface area contributed by atoms with E-state index in [4.69, 9.17) is 5.73 Å². The molecule has 1 aliphatic rings. The average molecular weight is 173 g/mol. The second kappa shape index (κ2) is 3.35. The normalized spacial score (nSPS) is 20.8. The van der Waals surface area contributed by atoms with Crippen LogP contribution in [-0.2, 0) is 12.8 Å². The van der Waals surface area contributed by atoms with Crippen LogP contribution in [0.15, 0.2) is 24.8 Å². The van der Waals surface area contributed by atoms with Gasteiger partial charge >= 0.3 is 0 Å². The van der Waals surface area contributed by atoms with E-state index in [1.165, 1.54) is 16.7 Å². The molecule has 0 spiro atoms. The highest BCUT2D eigenvalue weighted by Gasteiger charge is 2.16. The molecule has 1 atom stereocenters. The fraction of sp³-hybridized carbons (Fsp3) is 0.333. The Morgan fingerprint density at radius 1 is 1.46 bits per heavy atom. The molecule has 2 N–H and O–H groups in total. The van der Waals surface area contributed by atoms with Crippen molar-refractivity contribution in [2.75, 3.05) is 0 Å². The van der Waals surface area contributed by atoms with Gasteiger partial charge in [-0.3, -0.25) is 0 Å². The molecule has 13 heavy (non-hydrogen) atoms. The number of hydrogen-bond donors (Lipinski definition) is 1. The molecular formula is C12H15N. The summed E-state index contributed by atoms with van der Waals surface area (Å²) < 4.78 is 0. The molecule has 0 radical (unpaired) electrons. The second-order valence-electron chi connectivity index (χ2n) is 3.69. The van der Waals surface area contributed by atoms with E-state index in [0.29, 0.717) is 6.04 Å². The van der Waals surface area contributed by atoms with E-state index in [1.54, 1.807) is 0 Å². The molecule has 0 amide bonds. The Bertz CT molecular complexity index is 328. The van der Waals surface area contributed by atoms with Crippen LogP contribution < -0.4 is 5.73 Å². The summed E-state index contributed by atoms with van der Waals surface area (Å²) in [6.45, 7) is 3.83. The average Bonchev–Trinajstić information content (AvgIpc) is 2.16. The van der Waals surface area contributed by atoms with Crippen LogP contribution in [0, 0.1) is 0 Å². The first-order chi connectivity index (χ1) is 6.31. The van der Waals surface area contributed by atoms with Crippen LogP contribution in [0.2, 0.25) is 0 Å². The first-order valence-corrected chi connectivity index (χ1v) is 4.80. The van der Waals surface area contributed by atoms with E-state index in [-0.39, 0.29) is 0 Å². The molecule has 2 rings (SSSR count). The van der Waals surface area contributed by atoms with Crippen LogP contribution in [0.5, 0.6) is 0 Å². The van der Waals surface area contributed by atoms with Gasteiger partial charge < -0.3 is 5.73 Å². The lowest BCUT2D eigenvalue weighted by Crippen LogP contribution is -2.28. The summed E-state index contributed by atoms with van der Waals surface area (Å²) in [6, 6.07) is 6.75. The highest BCUT2D eigenvalue weighted by Crippen LogP contribution is 2.24. The zero-order valence-electron chi connectivity index (χ0n) is 7.79. The molecule has 0 heterocycles. The third-order valence-corrected chi connectivity index (χ3v) is 2.78. The fourth-order valence-electron chi connectivity index (χ4n) is 2.06. The van der Waals surface area contributed by atoms with Crippen molar-refractivity contribution in [2.24, 2.45) is 5.73 Å². The Morgan fingerprint density at radius 3 is 3.08 bits per heavy atom. The minimum absolute atomic E-state index is 0.354. The number of fused-ring (bicyclic) bond motifs is 1. The van der Waals surface area contributed by atoms with Gasteiger partial charge in [0.2, 0.25) is 0 Å². The SMILES string of the molecule is C=Cc1cccc2c1CCC(N)C2. The predicted octanol–water partition coefficient (Wildman–Crippen LogP) is 2.15. The van der Waals surface area contributed by atoms with Gasteiger partial charge in [-0.15, -0.1) is 0 Å². The van der Waals surface area contributed by atoms with Gasteiger partial charge in [-0.2, -0.15) is 0 Å². The maximum atomic E-state index is 5.92. The van der Waals surface area contributed by atoms with Crippen molar-refractivity contribution in [3.05, 3.63) is 41.5 Å².